The van der Waals surface area contributed by atoms with Crippen molar-refractivity contribution in [1.29, 1.82) is 0 Å². The van der Waals surface area contributed by atoms with E-state index < -0.39 is 15.6 Å². The number of hydrogen-bond acceptors (Lipinski definition) is 8. The minimum atomic E-state index is -3.48. The maximum absolute atomic E-state index is 12.9. The first kappa shape index (κ1) is 48.0. The second-order valence-electron chi connectivity index (χ2n) is 19.7. The van der Waals surface area contributed by atoms with E-state index in [9.17, 15) is 9.13 Å². The predicted molar refractivity (Wildman–Crippen MR) is 237 cm³/mol. The van der Waals surface area contributed by atoms with E-state index in [1.165, 1.54) is 48.8 Å². The van der Waals surface area contributed by atoms with Crippen LogP contribution in [-0.2, 0) is 48.1 Å². The number of allylic oxidation sites excluding steroid dienone is 4. The molecule has 0 bridgehead atoms. The van der Waals surface area contributed by atoms with Crippen molar-refractivity contribution in [2.45, 2.75) is 165 Å². The van der Waals surface area contributed by atoms with Gasteiger partial charge in [0.15, 0.2) is 0 Å². The van der Waals surface area contributed by atoms with Crippen molar-refractivity contribution < 1.29 is 36.3 Å². The summed E-state index contributed by atoms with van der Waals surface area (Å²) in [6.45, 7) is 28.2. The molecule has 2 fully saturated rings. The number of aryl methyl sites for hydroxylation is 1. The lowest BCUT2D eigenvalue weighted by atomic mass is 9.47. The molecule has 5 aliphatic rings. The lowest BCUT2D eigenvalue weighted by molar-refractivity contribution is -0.0745. The van der Waals surface area contributed by atoms with Crippen LogP contribution in [0.25, 0.3) is 0 Å². The molecule has 5 aliphatic carbocycles. The normalized spacial score (nSPS) is 32.3. The number of fused-ring (bicyclic) bond motifs is 6. The molecule has 0 saturated heterocycles. The number of phosphoric acid groups is 2. The van der Waals surface area contributed by atoms with Gasteiger partial charge >= 0.3 is 15.6 Å². The number of phosphoric ester groups is 2. The Bertz CT molecular complexity index is 1680. The molecule has 0 aliphatic heterocycles. The molecule has 0 spiro atoms. The Hall–Kier alpha value is -1.08. The Kier molecular flexibility index (Phi) is 16.2. The van der Waals surface area contributed by atoms with Crippen LogP contribution in [0.5, 0.6) is 0 Å². The van der Waals surface area contributed by atoms with Crippen LogP contribution >= 0.6 is 15.6 Å². The van der Waals surface area contributed by atoms with E-state index in [1.54, 1.807) is 11.1 Å². The van der Waals surface area contributed by atoms with Gasteiger partial charge in [0.2, 0.25) is 0 Å². The van der Waals surface area contributed by atoms with Gasteiger partial charge in [0.1, 0.15) is 0 Å². The SMILES string of the molecule is CCOP(=O)(OCC)OC[C@]1(C)CCC[C@]2(C)[C@H]3CCC(C(C)C)=CC3=CC[C@@H]12.CCOP(=O)(OCC)OC[C@]1(C)CCC[C@]2(C)c3ccc(C(C)C)cc3CC[C@@H]12. The molecule has 330 valence electrons. The lowest BCUT2D eigenvalue weighted by Crippen LogP contribution is -2.51. The summed E-state index contributed by atoms with van der Waals surface area (Å²) < 4.78 is 59.1. The summed E-state index contributed by atoms with van der Waals surface area (Å²) in [5.41, 5.74) is 8.01. The van der Waals surface area contributed by atoms with E-state index in [-0.39, 0.29) is 21.7 Å². The first-order chi connectivity index (χ1) is 27.3. The molecule has 1 aromatic rings. The molecule has 0 unspecified atom stereocenters. The van der Waals surface area contributed by atoms with Gasteiger partial charge in [0.25, 0.3) is 0 Å². The predicted octanol–water partition coefficient (Wildman–Crippen LogP) is 14.3. The third kappa shape index (κ3) is 10.2. The van der Waals surface area contributed by atoms with Crippen LogP contribution in [0.3, 0.4) is 0 Å². The van der Waals surface area contributed by atoms with Gasteiger partial charge in [-0.25, -0.2) is 9.13 Å². The molecule has 1 aromatic carbocycles. The Morgan fingerprint density at radius 1 is 0.672 bits per heavy atom. The first-order valence-electron chi connectivity index (χ1n) is 23.0. The van der Waals surface area contributed by atoms with E-state index in [1.807, 2.05) is 27.7 Å². The van der Waals surface area contributed by atoms with Gasteiger partial charge in [-0.2, -0.15) is 0 Å². The molecule has 0 radical (unpaired) electrons. The number of benzene rings is 1. The summed E-state index contributed by atoms with van der Waals surface area (Å²) >= 11 is 0. The summed E-state index contributed by atoms with van der Waals surface area (Å²) in [6, 6.07) is 7.13. The van der Waals surface area contributed by atoms with Crippen LogP contribution < -0.4 is 0 Å². The molecular formula is C48H80O8P2. The Morgan fingerprint density at radius 2 is 1.22 bits per heavy atom. The van der Waals surface area contributed by atoms with Crippen molar-refractivity contribution in [3.63, 3.8) is 0 Å². The Labute approximate surface area is 353 Å². The molecule has 0 aromatic heterocycles. The minimum absolute atomic E-state index is 0.0130. The van der Waals surface area contributed by atoms with Gasteiger partial charge in [-0.15, -0.1) is 0 Å². The lowest BCUT2D eigenvalue weighted by Gasteiger charge is -2.58. The Balaban J connectivity index is 0.000000221. The van der Waals surface area contributed by atoms with Crippen molar-refractivity contribution in [2.75, 3.05) is 39.6 Å². The topological polar surface area (TPSA) is 89.5 Å². The average molecular weight is 847 g/mol. The molecule has 0 N–H and O–H groups in total. The summed E-state index contributed by atoms with van der Waals surface area (Å²) in [4.78, 5) is 0. The maximum Gasteiger partial charge on any atom is 0.474 e. The summed E-state index contributed by atoms with van der Waals surface area (Å²) in [6.07, 6.45) is 17.8. The summed E-state index contributed by atoms with van der Waals surface area (Å²) in [5, 5.41) is 0. The highest BCUT2D eigenvalue weighted by Gasteiger charge is 2.55. The van der Waals surface area contributed by atoms with Crippen molar-refractivity contribution in [3.05, 3.63) is 58.2 Å². The van der Waals surface area contributed by atoms with Crippen molar-refractivity contribution >= 4 is 15.6 Å². The third-order valence-electron chi connectivity index (χ3n) is 15.1. The number of hydrogen-bond donors (Lipinski definition) is 0. The van der Waals surface area contributed by atoms with Gasteiger partial charge in [0.05, 0.1) is 39.6 Å². The van der Waals surface area contributed by atoms with Crippen molar-refractivity contribution in [1.82, 2.24) is 0 Å². The molecule has 0 amide bonds. The first-order valence-corrected chi connectivity index (χ1v) is 25.9. The van der Waals surface area contributed by atoms with E-state index in [4.69, 9.17) is 27.1 Å². The number of rotatable bonds is 16. The zero-order chi connectivity index (χ0) is 42.6. The highest BCUT2D eigenvalue weighted by atomic mass is 31.2. The van der Waals surface area contributed by atoms with E-state index in [0.717, 1.165) is 38.5 Å². The molecule has 7 atom stereocenters. The van der Waals surface area contributed by atoms with Crippen LogP contribution in [0.4, 0.5) is 0 Å². The smallest absolute Gasteiger partial charge is 0.287 e. The minimum Gasteiger partial charge on any atom is -0.287 e. The van der Waals surface area contributed by atoms with Crippen LogP contribution in [-0.4, -0.2) is 39.6 Å². The molecule has 2 saturated carbocycles. The fourth-order valence-corrected chi connectivity index (χ4v) is 14.7. The standard InChI is InChI=1S/C24H41O4P.C24H39O4P/c2*1-7-26-29(25,27-8-2)28-17-23(5)14-9-15-24(6)21-12-10-19(18(3)4)16-20(21)11-13-22(23)24/h11,16,18,21-22H,7-10,12-15,17H2,1-6H3;10,12,16,18,22H,7-9,11,13-15,17H2,1-6H3/t21-,22-,23-,24+;22-,23-,24+/m00/s1. The molecule has 6 rings (SSSR count). The van der Waals surface area contributed by atoms with Crippen LogP contribution in [0.15, 0.2) is 41.5 Å². The van der Waals surface area contributed by atoms with Gasteiger partial charge in [-0.1, -0.05) is 104 Å². The zero-order valence-corrected chi connectivity index (χ0v) is 40.2. The van der Waals surface area contributed by atoms with Crippen LogP contribution in [0.2, 0.25) is 0 Å². The maximum atomic E-state index is 12.9. The molecule has 8 nitrogen and oxygen atoms in total. The Morgan fingerprint density at radius 3 is 1.76 bits per heavy atom. The van der Waals surface area contributed by atoms with Gasteiger partial charge in [0, 0.05) is 0 Å². The van der Waals surface area contributed by atoms with Crippen molar-refractivity contribution in [2.24, 2.45) is 39.9 Å². The quantitative estimate of drug-likeness (QED) is 0.152. The largest absolute Gasteiger partial charge is 0.474 e. The highest BCUT2D eigenvalue weighted by molar-refractivity contribution is 7.48. The molecule has 0 heterocycles. The zero-order valence-electron chi connectivity index (χ0n) is 38.5. The monoisotopic (exact) mass is 847 g/mol. The van der Waals surface area contributed by atoms with Crippen LogP contribution in [0, 0.1) is 39.9 Å². The highest BCUT2D eigenvalue weighted by Crippen LogP contribution is 2.64. The fraction of sp³-hybridized carbons (Fsp3) is 0.792. The second kappa shape index (κ2) is 19.5. The third-order valence-corrected chi connectivity index (χ3v) is 18.3. The van der Waals surface area contributed by atoms with E-state index in [2.05, 4.69) is 85.7 Å². The molecule has 10 heteroatoms. The van der Waals surface area contributed by atoms with Gasteiger partial charge < -0.3 is 0 Å². The second-order valence-corrected chi connectivity index (χ2v) is 23.0. The van der Waals surface area contributed by atoms with Crippen LogP contribution in [0.1, 0.15) is 170 Å². The summed E-state index contributed by atoms with van der Waals surface area (Å²) in [5.74, 6) is 2.86. The van der Waals surface area contributed by atoms with Gasteiger partial charge in [-0.05, 0) is 159 Å². The van der Waals surface area contributed by atoms with Gasteiger partial charge in [-0.3, -0.25) is 27.1 Å². The average Bonchev–Trinajstić information content (AvgIpc) is 3.17. The molecule has 58 heavy (non-hydrogen) atoms. The molecular weight excluding hydrogens is 766 g/mol. The van der Waals surface area contributed by atoms with Crippen molar-refractivity contribution in [3.8, 4) is 0 Å². The summed E-state index contributed by atoms with van der Waals surface area (Å²) in [7, 11) is -6.95. The van der Waals surface area contributed by atoms with E-state index >= 15 is 0 Å². The van der Waals surface area contributed by atoms with E-state index in [0.29, 0.717) is 69.2 Å². The fourth-order valence-electron chi connectivity index (χ4n) is 12.1.